The standard InChI is InChI=1S/C22H28N6O2/c1-15(2)28-14-24-19-21(23-11-5-13-27-12-4-6-18(27)29)25-20(26-22(19)28)16-7-9-17(30-3)10-8-16/h7-10,14-15H,4-6,11-13H2,1-3H3,(H,23,25,26). The zero-order chi connectivity index (χ0) is 21.1. The molecule has 8 heteroatoms. The van der Waals surface area contributed by atoms with E-state index in [4.69, 9.17) is 14.7 Å². The lowest BCUT2D eigenvalue weighted by Gasteiger charge is -2.16. The number of hydrogen-bond donors (Lipinski definition) is 1. The van der Waals surface area contributed by atoms with Gasteiger partial charge in [-0.25, -0.2) is 15.0 Å². The number of nitrogens with zero attached hydrogens (tertiary/aromatic N) is 5. The summed E-state index contributed by atoms with van der Waals surface area (Å²) < 4.78 is 7.31. The Labute approximate surface area is 176 Å². The van der Waals surface area contributed by atoms with Crippen LogP contribution in [0.5, 0.6) is 5.75 Å². The first-order chi connectivity index (χ1) is 14.6. The average Bonchev–Trinajstić information content (AvgIpc) is 3.37. The van der Waals surface area contributed by atoms with Crippen molar-refractivity contribution in [3.63, 3.8) is 0 Å². The zero-order valence-corrected chi connectivity index (χ0v) is 17.8. The summed E-state index contributed by atoms with van der Waals surface area (Å²) in [4.78, 5) is 27.9. The van der Waals surface area contributed by atoms with Gasteiger partial charge >= 0.3 is 0 Å². The molecule has 4 rings (SSSR count). The Morgan fingerprint density at radius 3 is 2.67 bits per heavy atom. The van der Waals surface area contributed by atoms with Crippen LogP contribution < -0.4 is 10.1 Å². The molecule has 1 fully saturated rings. The Morgan fingerprint density at radius 1 is 1.20 bits per heavy atom. The molecule has 30 heavy (non-hydrogen) atoms. The minimum absolute atomic E-state index is 0.239. The van der Waals surface area contributed by atoms with Gasteiger partial charge in [0.25, 0.3) is 0 Å². The molecule has 158 valence electrons. The molecule has 1 aliphatic rings. The molecule has 2 aromatic heterocycles. The molecule has 0 aliphatic carbocycles. The van der Waals surface area contributed by atoms with Gasteiger partial charge in [0.1, 0.15) is 11.3 Å². The Morgan fingerprint density at radius 2 is 2.00 bits per heavy atom. The number of hydrogen-bond acceptors (Lipinski definition) is 6. The van der Waals surface area contributed by atoms with Crippen molar-refractivity contribution in [3.05, 3.63) is 30.6 Å². The second-order valence-corrected chi connectivity index (χ2v) is 7.81. The van der Waals surface area contributed by atoms with E-state index in [0.29, 0.717) is 18.8 Å². The van der Waals surface area contributed by atoms with Crippen molar-refractivity contribution in [2.45, 2.75) is 39.2 Å². The van der Waals surface area contributed by atoms with E-state index in [1.807, 2.05) is 35.5 Å². The van der Waals surface area contributed by atoms with Crippen LogP contribution in [0, 0.1) is 0 Å². The van der Waals surface area contributed by atoms with Crippen LogP contribution in [0.15, 0.2) is 30.6 Å². The Bertz CT molecular complexity index is 1030. The molecule has 0 bridgehead atoms. The van der Waals surface area contributed by atoms with E-state index in [1.54, 1.807) is 7.11 Å². The quantitative estimate of drug-likeness (QED) is 0.574. The summed E-state index contributed by atoms with van der Waals surface area (Å²) in [7, 11) is 1.65. The van der Waals surface area contributed by atoms with Crippen LogP contribution in [-0.4, -0.2) is 57.1 Å². The van der Waals surface area contributed by atoms with Gasteiger partial charge in [-0.3, -0.25) is 4.79 Å². The molecular formula is C22H28N6O2. The van der Waals surface area contributed by atoms with Gasteiger partial charge in [-0.15, -0.1) is 0 Å². The van der Waals surface area contributed by atoms with E-state index in [-0.39, 0.29) is 11.9 Å². The number of rotatable bonds is 8. The minimum Gasteiger partial charge on any atom is -0.497 e. The third kappa shape index (κ3) is 4.08. The van der Waals surface area contributed by atoms with Crippen molar-refractivity contribution in [1.82, 2.24) is 24.4 Å². The lowest BCUT2D eigenvalue weighted by Crippen LogP contribution is -2.27. The summed E-state index contributed by atoms with van der Waals surface area (Å²) in [5.74, 6) is 2.42. The normalized spacial score (nSPS) is 14.1. The molecule has 1 N–H and O–H groups in total. The third-order valence-electron chi connectivity index (χ3n) is 5.39. The number of carbonyl (C=O) groups excluding carboxylic acids is 1. The molecule has 0 saturated carbocycles. The minimum atomic E-state index is 0.239. The zero-order valence-electron chi connectivity index (χ0n) is 17.8. The van der Waals surface area contributed by atoms with E-state index in [9.17, 15) is 4.79 Å². The van der Waals surface area contributed by atoms with Crippen molar-refractivity contribution in [2.24, 2.45) is 0 Å². The van der Waals surface area contributed by atoms with E-state index >= 15 is 0 Å². The largest absolute Gasteiger partial charge is 0.497 e. The highest BCUT2D eigenvalue weighted by atomic mass is 16.5. The number of anilines is 1. The second kappa shape index (κ2) is 8.69. The lowest BCUT2D eigenvalue weighted by molar-refractivity contribution is -0.127. The molecule has 0 atom stereocenters. The number of benzene rings is 1. The maximum Gasteiger partial charge on any atom is 0.222 e. The van der Waals surface area contributed by atoms with E-state index < -0.39 is 0 Å². The van der Waals surface area contributed by atoms with Crippen molar-refractivity contribution in [1.29, 1.82) is 0 Å². The molecule has 1 aliphatic heterocycles. The van der Waals surface area contributed by atoms with Gasteiger partial charge in [-0.1, -0.05) is 0 Å². The molecule has 1 saturated heterocycles. The van der Waals surface area contributed by atoms with Gasteiger partial charge in [-0.2, -0.15) is 0 Å². The first-order valence-electron chi connectivity index (χ1n) is 10.5. The highest BCUT2D eigenvalue weighted by Crippen LogP contribution is 2.27. The number of ether oxygens (including phenoxy) is 1. The summed E-state index contributed by atoms with van der Waals surface area (Å²) in [5, 5.41) is 3.42. The maximum atomic E-state index is 11.8. The van der Waals surface area contributed by atoms with Gasteiger partial charge in [0.05, 0.1) is 13.4 Å². The van der Waals surface area contributed by atoms with Gasteiger partial charge in [0, 0.05) is 37.7 Å². The van der Waals surface area contributed by atoms with Crippen molar-refractivity contribution >= 4 is 22.9 Å². The first kappa shape index (κ1) is 20.1. The highest BCUT2D eigenvalue weighted by Gasteiger charge is 2.19. The number of amides is 1. The van der Waals surface area contributed by atoms with Crippen molar-refractivity contribution < 1.29 is 9.53 Å². The van der Waals surface area contributed by atoms with E-state index in [2.05, 4.69) is 28.7 Å². The van der Waals surface area contributed by atoms with Gasteiger partial charge in [-0.05, 0) is 51.0 Å². The van der Waals surface area contributed by atoms with Crippen molar-refractivity contribution in [3.8, 4) is 17.1 Å². The van der Waals surface area contributed by atoms with E-state index in [1.165, 1.54) is 0 Å². The topological polar surface area (TPSA) is 85.2 Å². The van der Waals surface area contributed by atoms with Crippen LogP contribution in [0.1, 0.15) is 39.2 Å². The van der Waals surface area contributed by atoms with Crippen molar-refractivity contribution in [2.75, 3.05) is 32.1 Å². The van der Waals surface area contributed by atoms with Gasteiger partial charge in [0.15, 0.2) is 17.3 Å². The number of carbonyl (C=O) groups is 1. The lowest BCUT2D eigenvalue weighted by atomic mass is 10.2. The van der Waals surface area contributed by atoms with Crippen LogP contribution in [0.4, 0.5) is 5.82 Å². The van der Waals surface area contributed by atoms with Crippen LogP contribution >= 0.6 is 0 Å². The molecule has 8 nitrogen and oxygen atoms in total. The maximum absolute atomic E-state index is 11.8. The molecule has 0 radical (unpaired) electrons. The van der Waals surface area contributed by atoms with Gasteiger partial charge < -0.3 is 19.5 Å². The Hall–Kier alpha value is -3.16. The summed E-state index contributed by atoms with van der Waals surface area (Å²) in [6, 6.07) is 7.96. The molecule has 3 aromatic rings. The predicted octanol–water partition coefficient (Wildman–Crippen LogP) is 3.51. The molecule has 3 heterocycles. The third-order valence-corrected chi connectivity index (χ3v) is 5.39. The highest BCUT2D eigenvalue weighted by molar-refractivity contribution is 5.85. The Balaban J connectivity index is 1.59. The molecule has 1 amide bonds. The SMILES string of the molecule is COc1ccc(-c2nc(NCCCN3CCCC3=O)c3ncn(C(C)C)c3n2)cc1. The fourth-order valence-electron chi connectivity index (χ4n) is 3.70. The predicted molar refractivity (Wildman–Crippen MR) is 117 cm³/mol. The van der Waals surface area contributed by atoms with Crippen LogP contribution in [-0.2, 0) is 4.79 Å². The summed E-state index contributed by atoms with van der Waals surface area (Å²) in [5.41, 5.74) is 2.49. The van der Waals surface area contributed by atoms with Crippen LogP contribution in [0.25, 0.3) is 22.6 Å². The first-order valence-corrected chi connectivity index (χ1v) is 10.5. The molecule has 1 aromatic carbocycles. The number of imidazole rings is 1. The Kier molecular flexibility index (Phi) is 5.83. The number of fused-ring (bicyclic) bond motifs is 1. The monoisotopic (exact) mass is 408 g/mol. The summed E-state index contributed by atoms with van der Waals surface area (Å²) in [6.45, 7) is 6.57. The number of likely N-dealkylation sites (tertiary alicyclic amines) is 1. The summed E-state index contributed by atoms with van der Waals surface area (Å²) >= 11 is 0. The smallest absolute Gasteiger partial charge is 0.222 e. The fraction of sp³-hybridized carbons (Fsp3) is 0.455. The van der Waals surface area contributed by atoms with Gasteiger partial charge in [0.2, 0.25) is 5.91 Å². The molecule has 0 unspecified atom stereocenters. The summed E-state index contributed by atoms with van der Waals surface area (Å²) in [6.07, 6.45) is 4.32. The number of methoxy groups -OCH3 is 1. The average molecular weight is 409 g/mol. The second-order valence-electron chi connectivity index (χ2n) is 7.81. The van der Waals surface area contributed by atoms with E-state index in [0.717, 1.165) is 54.2 Å². The molecular weight excluding hydrogens is 380 g/mol. The fourth-order valence-corrected chi connectivity index (χ4v) is 3.70. The number of nitrogens with one attached hydrogen (secondary N) is 1. The number of aromatic nitrogens is 4. The van der Waals surface area contributed by atoms with Crippen LogP contribution in [0.2, 0.25) is 0 Å². The molecule has 0 spiro atoms. The van der Waals surface area contributed by atoms with Crippen LogP contribution in [0.3, 0.4) is 0 Å².